The van der Waals surface area contributed by atoms with Crippen LogP contribution < -0.4 is 28.4 Å². The molecule has 0 saturated carbocycles. The van der Waals surface area contributed by atoms with Gasteiger partial charge < -0.3 is 32.9 Å². The summed E-state index contributed by atoms with van der Waals surface area (Å²) >= 11 is 0. The Labute approximate surface area is 86.5 Å². The van der Waals surface area contributed by atoms with Crippen LogP contribution in [0.1, 0.15) is 13.3 Å². The SMILES string of the molecule is CCC[N+](C)(C)CC(N)CN.[Br-]. The van der Waals surface area contributed by atoms with Gasteiger partial charge in [-0.25, -0.2) is 0 Å². The van der Waals surface area contributed by atoms with Gasteiger partial charge in [0.25, 0.3) is 0 Å². The number of nitrogens with zero attached hydrogens (tertiary/aromatic N) is 1. The van der Waals surface area contributed by atoms with E-state index in [0.29, 0.717) is 6.54 Å². The van der Waals surface area contributed by atoms with E-state index < -0.39 is 0 Å². The largest absolute Gasteiger partial charge is 1.00 e. The molecule has 0 heterocycles. The van der Waals surface area contributed by atoms with Crippen molar-refractivity contribution in [2.45, 2.75) is 19.4 Å². The van der Waals surface area contributed by atoms with Gasteiger partial charge in [0, 0.05) is 6.54 Å². The van der Waals surface area contributed by atoms with Crippen LogP contribution in [-0.2, 0) is 0 Å². The van der Waals surface area contributed by atoms with Gasteiger partial charge in [-0.2, -0.15) is 0 Å². The Balaban J connectivity index is 0. The second-order valence-electron chi connectivity index (χ2n) is 3.84. The van der Waals surface area contributed by atoms with E-state index in [2.05, 4.69) is 21.0 Å². The van der Waals surface area contributed by atoms with Crippen LogP contribution in [0.5, 0.6) is 0 Å². The van der Waals surface area contributed by atoms with E-state index >= 15 is 0 Å². The van der Waals surface area contributed by atoms with Crippen molar-refractivity contribution in [2.24, 2.45) is 11.5 Å². The van der Waals surface area contributed by atoms with Crippen molar-refractivity contribution in [3.05, 3.63) is 0 Å². The minimum Gasteiger partial charge on any atom is -1.00 e. The standard InChI is InChI=1S/C8H22N3.BrH/c1-4-5-11(2,3)7-8(10)6-9;/h8H,4-7,9-10H2,1-3H3;1H/q+1;/p-1. The second-order valence-corrected chi connectivity index (χ2v) is 3.84. The smallest absolute Gasteiger partial charge is 0.0948 e. The number of hydrogen-bond donors (Lipinski definition) is 2. The maximum atomic E-state index is 5.75. The molecule has 0 spiro atoms. The quantitative estimate of drug-likeness (QED) is 0.496. The molecule has 0 amide bonds. The van der Waals surface area contributed by atoms with Crippen LogP contribution in [0.4, 0.5) is 0 Å². The van der Waals surface area contributed by atoms with Crippen molar-refractivity contribution < 1.29 is 21.5 Å². The first-order chi connectivity index (χ1) is 5.02. The third-order valence-electron chi connectivity index (χ3n) is 1.86. The van der Waals surface area contributed by atoms with Gasteiger partial charge in [-0.05, 0) is 6.42 Å². The maximum Gasteiger partial charge on any atom is 0.0948 e. The number of hydrogen-bond acceptors (Lipinski definition) is 2. The fraction of sp³-hybridized carbons (Fsp3) is 1.00. The molecule has 1 atom stereocenters. The zero-order valence-electron chi connectivity index (χ0n) is 8.39. The third-order valence-corrected chi connectivity index (χ3v) is 1.86. The van der Waals surface area contributed by atoms with Crippen LogP contribution >= 0.6 is 0 Å². The fourth-order valence-corrected chi connectivity index (χ4v) is 1.41. The van der Waals surface area contributed by atoms with Crippen LogP contribution in [-0.4, -0.2) is 44.3 Å². The Morgan fingerprint density at radius 3 is 2.17 bits per heavy atom. The average Bonchev–Trinajstić information content (AvgIpc) is 1.86. The van der Waals surface area contributed by atoms with Crippen molar-refractivity contribution in [1.29, 1.82) is 0 Å². The van der Waals surface area contributed by atoms with E-state index in [1.165, 1.54) is 13.0 Å². The van der Waals surface area contributed by atoms with Crippen molar-refractivity contribution >= 4 is 0 Å². The summed E-state index contributed by atoms with van der Waals surface area (Å²) in [5.74, 6) is 0. The van der Waals surface area contributed by atoms with Crippen molar-refractivity contribution in [1.82, 2.24) is 0 Å². The molecule has 0 aliphatic rings. The number of likely N-dealkylation sites (N-methyl/N-ethyl adjacent to an activating group) is 1. The summed E-state index contributed by atoms with van der Waals surface area (Å²) in [7, 11) is 4.39. The zero-order valence-corrected chi connectivity index (χ0v) is 9.97. The van der Waals surface area contributed by atoms with E-state index in [1.807, 2.05) is 0 Å². The van der Waals surface area contributed by atoms with Gasteiger partial charge in [0.15, 0.2) is 0 Å². The van der Waals surface area contributed by atoms with Crippen molar-refractivity contribution in [3.63, 3.8) is 0 Å². The fourth-order valence-electron chi connectivity index (χ4n) is 1.41. The summed E-state index contributed by atoms with van der Waals surface area (Å²) in [6.07, 6.45) is 1.20. The molecule has 1 unspecified atom stereocenters. The number of halogens is 1. The summed E-state index contributed by atoms with van der Waals surface area (Å²) < 4.78 is 0.981. The average molecular weight is 240 g/mol. The van der Waals surface area contributed by atoms with Crippen LogP contribution in [0.25, 0.3) is 0 Å². The molecule has 0 saturated heterocycles. The molecule has 12 heavy (non-hydrogen) atoms. The molecule has 4 N–H and O–H groups in total. The highest BCUT2D eigenvalue weighted by molar-refractivity contribution is 4.59. The lowest BCUT2D eigenvalue weighted by Crippen LogP contribution is -3.00. The summed E-state index contributed by atoms with van der Waals surface area (Å²) in [5, 5.41) is 0. The first-order valence-electron chi connectivity index (χ1n) is 4.29. The summed E-state index contributed by atoms with van der Waals surface area (Å²) in [6.45, 7) is 4.93. The van der Waals surface area contributed by atoms with E-state index in [1.54, 1.807) is 0 Å². The van der Waals surface area contributed by atoms with Crippen LogP contribution in [0.2, 0.25) is 0 Å². The zero-order chi connectivity index (χ0) is 8.91. The first-order valence-corrected chi connectivity index (χ1v) is 4.29. The maximum absolute atomic E-state index is 5.75. The minimum atomic E-state index is 0. The third kappa shape index (κ3) is 7.03. The Morgan fingerprint density at radius 1 is 1.33 bits per heavy atom. The molecule has 76 valence electrons. The summed E-state index contributed by atoms with van der Waals surface area (Å²) in [5.41, 5.74) is 11.2. The highest BCUT2D eigenvalue weighted by Crippen LogP contribution is 1.99. The Bertz CT molecular complexity index is 106. The summed E-state index contributed by atoms with van der Waals surface area (Å²) in [4.78, 5) is 0. The molecule has 4 heteroatoms. The Hall–Kier alpha value is 0.360. The number of nitrogens with two attached hydrogens (primary N) is 2. The Morgan fingerprint density at radius 2 is 1.83 bits per heavy atom. The molecule has 0 fully saturated rings. The highest BCUT2D eigenvalue weighted by atomic mass is 79.9. The van der Waals surface area contributed by atoms with Gasteiger partial charge in [-0.15, -0.1) is 0 Å². The molecule has 0 aromatic heterocycles. The molecule has 0 aliphatic carbocycles. The van der Waals surface area contributed by atoms with E-state index in [4.69, 9.17) is 11.5 Å². The van der Waals surface area contributed by atoms with Crippen LogP contribution in [0.15, 0.2) is 0 Å². The van der Waals surface area contributed by atoms with Gasteiger partial charge >= 0.3 is 0 Å². The van der Waals surface area contributed by atoms with Gasteiger partial charge in [0.2, 0.25) is 0 Å². The molecule has 0 aromatic rings. The highest BCUT2D eigenvalue weighted by Gasteiger charge is 2.16. The molecule has 0 aliphatic heterocycles. The van der Waals surface area contributed by atoms with Gasteiger partial charge in [0.05, 0.1) is 33.2 Å². The monoisotopic (exact) mass is 239 g/mol. The van der Waals surface area contributed by atoms with Gasteiger partial charge in [0.1, 0.15) is 0 Å². The molecule has 0 radical (unpaired) electrons. The van der Waals surface area contributed by atoms with Crippen LogP contribution in [0.3, 0.4) is 0 Å². The molecule has 0 bridgehead atoms. The molecular weight excluding hydrogens is 218 g/mol. The molecule has 0 rings (SSSR count). The van der Waals surface area contributed by atoms with Gasteiger partial charge in [-0.3, -0.25) is 0 Å². The second kappa shape index (κ2) is 6.83. The lowest BCUT2D eigenvalue weighted by Gasteiger charge is -2.31. The van der Waals surface area contributed by atoms with E-state index in [-0.39, 0.29) is 23.0 Å². The number of quaternary nitrogens is 1. The number of rotatable bonds is 5. The molecule has 0 aromatic carbocycles. The van der Waals surface area contributed by atoms with Gasteiger partial charge in [-0.1, -0.05) is 6.92 Å². The van der Waals surface area contributed by atoms with Crippen molar-refractivity contribution in [3.8, 4) is 0 Å². The van der Waals surface area contributed by atoms with E-state index in [0.717, 1.165) is 11.0 Å². The first kappa shape index (κ1) is 14.9. The molecule has 3 nitrogen and oxygen atoms in total. The van der Waals surface area contributed by atoms with E-state index in [9.17, 15) is 0 Å². The lowest BCUT2D eigenvalue weighted by molar-refractivity contribution is -0.891. The minimum absolute atomic E-state index is 0. The topological polar surface area (TPSA) is 52.0 Å². The predicted octanol–water partition coefficient (Wildman–Crippen LogP) is -3.24. The lowest BCUT2D eigenvalue weighted by atomic mass is 10.2. The molecular formula is C8H22BrN3. The Kier molecular flexibility index (Phi) is 8.46. The summed E-state index contributed by atoms with van der Waals surface area (Å²) in [6, 6.07) is 0.150. The predicted molar refractivity (Wildman–Crippen MR) is 49.2 cm³/mol. The normalized spacial score (nSPS) is 13.8. The van der Waals surface area contributed by atoms with Crippen molar-refractivity contribution in [2.75, 3.05) is 33.7 Å². The van der Waals surface area contributed by atoms with Crippen LogP contribution in [0, 0.1) is 0 Å².